The van der Waals surface area contributed by atoms with Crippen molar-refractivity contribution in [1.29, 1.82) is 0 Å². The highest BCUT2D eigenvalue weighted by Gasteiger charge is 2.23. The molecule has 0 saturated carbocycles. The number of benzene rings is 1. The molecule has 1 atom stereocenters. The number of hydrogen-bond donors (Lipinski definition) is 1. The number of aliphatic hydroxyl groups excluding tert-OH is 1. The maximum absolute atomic E-state index is 9.39. The number of nitrogens with zero attached hydrogens (tertiary/aromatic N) is 2. The van der Waals surface area contributed by atoms with Crippen LogP contribution in [0.3, 0.4) is 0 Å². The van der Waals surface area contributed by atoms with Crippen molar-refractivity contribution in [2.45, 2.75) is 26.9 Å². The molecule has 1 aliphatic heterocycles. The highest BCUT2D eigenvalue weighted by atomic mass is 16.3. The van der Waals surface area contributed by atoms with Crippen LogP contribution in [-0.2, 0) is 13.0 Å². The van der Waals surface area contributed by atoms with E-state index in [1.165, 1.54) is 11.3 Å². The van der Waals surface area contributed by atoms with E-state index in [2.05, 4.69) is 41.1 Å². The van der Waals surface area contributed by atoms with E-state index >= 15 is 0 Å². The molecule has 3 heteroatoms. The first kappa shape index (κ1) is 13.1. The molecule has 0 radical (unpaired) electrons. The first-order valence-corrected chi connectivity index (χ1v) is 7.11. The molecule has 3 nitrogen and oxygen atoms in total. The molecule has 0 fully saturated rings. The van der Waals surface area contributed by atoms with Gasteiger partial charge in [-0.3, -0.25) is 0 Å². The number of para-hydroxylation sites is 1. The van der Waals surface area contributed by atoms with E-state index in [4.69, 9.17) is 0 Å². The molecule has 20 heavy (non-hydrogen) atoms. The molecule has 1 N–H and O–H groups in total. The number of aryl methyl sites for hydroxylation is 1. The molecular weight excluding hydrogens is 248 g/mol. The maximum atomic E-state index is 9.39. The van der Waals surface area contributed by atoms with Crippen LogP contribution >= 0.6 is 0 Å². The van der Waals surface area contributed by atoms with Gasteiger partial charge in [-0.15, -0.1) is 0 Å². The third kappa shape index (κ3) is 2.41. The maximum Gasteiger partial charge on any atom is 0.133 e. The lowest BCUT2D eigenvalue weighted by atomic mass is 9.94. The number of anilines is 2. The molecular formula is C17H20N2O. The molecule has 1 aromatic heterocycles. The second-order valence-electron chi connectivity index (χ2n) is 5.68. The molecule has 3 rings (SSSR count). The Morgan fingerprint density at radius 2 is 2.10 bits per heavy atom. The predicted molar refractivity (Wildman–Crippen MR) is 81.2 cm³/mol. The zero-order chi connectivity index (χ0) is 14.1. The first-order chi connectivity index (χ1) is 9.67. The van der Waals surface area contributed by atoms with Crippen molar-refractivity contribution < 1.29 is 5.11 Å². The zero-order valence-corrected chi connectivity index (χ0v) is 12.0. The van der Waals surface area contributed by atoms with Crippen molar-refractivity contribution >= 4 is 11.5 Å². The lowest BCUT2D eigenvalue weighted by Crippen LogP contribution is -2.31. The predicted octanol–water partition coefficient (Wildman–Crippen LogP) is 3.21. The molecule has 1 aromatic carbocycles. The molecule has 0 saturated heterocycles. The minimum Gasteiger partial charge on any atom is -0.392 e. The van der Waals surface area contributed by atoms with E-state index in [1.807, 2.05) is 19.1 Å². The number of fused-ring (bicyclic) bond motifs is 1. The smallest absolute Gasteiger partial charge is 0.133 e. The van der Waals surface area contributed by atoms with Crippen molar-refractivity contribution in [3.8, 4) is 0 Å². The molecule has 104 valence electrons. The molecule has 1 aliphatic rings. The summed E-state index contributed by atoms with van der Waals surface area (Å²) in [6.45, 7) is 5.27. The van der Waals surface area contributed by atoms with Gasteiger partial charge in [0.25, 0.3) is 0 Å². The van der Waals surface area contributed by atoms with Gasteiger partial charge in [0.1, 0.15) is 5.82 Å². The number of aromatic nitrogens is 1. The minimum absolute atomic E-state index is 0.0569. The summed E-state index contributed by atoms with van der Waals surface area (Å²) in [5, 5.41) is 9.39. The summed E-state index contributed by atoms with van der Waals surface area (Å²) in [7, 11) is 0. The van der Waals surface area contributed by atoms with Crippen molar-refractivity contribution in [3.05, 3.63) is 53.2 Å². The Balaban J connectivity index is 2.08. The van der Waals surface area contributed by atoms with Crippen LogP contribution in [0.5, 0.6) is 0 Å². The van der Waals surface area contributed by atoms with Crippen LogP contribution in [0.1, 0.15) is 23.7 Å². The largest absolute Gasteiger partial charge is 0.392 e. The molecule has 0 bridgehead atoms. The van der Waals surface area contributed by atoms with Crippen molar-refractivity contribution in [2.24, 2.45) is 5.92 Å². The van der Waals surface area contributed by atoms with Gasteiger partial charge in [0, 0.05) is 17.9 Å². The lowest BCUT2D eigenvalue weighted by Gasteiger charge is -2.34. The summed E-state index contributed by atoms with van der Waals surface area (Å²) in [4.78, 5) is 6.93. The van der Waals surface area contributed by atoms with Crippen molar-refractivity contribution in [1.82, 2.24) is 4.98 Å². The number of hydrogen-bond acceptors (Lipinski definition) is 3. The van der Waals surface area contributed by atoms with Crippen LogP contribution in [0.25, 0.3) is 0 Å². The zero-order valence-electron chi connectivity index (χ0n) is 12.0. The number of rotatable bonds is 2. The van der Waals surface area contributed by atoms with Gasteiger partial charge in [-0.25, -0.2) is 4.98 Å². The second kappa shape index (κ2) is 5.25. The lowest BCUT2D eigenvalue weighted by molar-refractivity contribution is 0.281. The van der Waals surface area contributed by atoms with Gasteiger partial charge in [0.15, 0.2) is 0 Å². The fraction of sp³-hybridized carbons (Fsp3) is 0.353. The van der Waals surface area contributed by atoms with Gasteiger partial charge < -0.3 is 10.0 Å². The van der Waals surface area contributed by atoms with E-state index in [0.29, 0.717) is 5.92 Å². The Hall–Kier alpha value is -1.87. The minimum atomic E-state index is 0.0569. The first-order valence-electron chi connectivity index (χ1n) is 7.11. The number of pyridine rings is 1. The number of aliphatic hydroxyl groups is 1. The fourth-order valence-electron chi connectivity index (χ4n) is 2.96. The summed E-state index contributed by atoms with van der Waals surface area (Å²) in [5.74, 6) is 1.54. The Morgan fingerprint density at radius 3 is 2.90 bits per heavy atom. The topological polar surface area (TPSA) is 36.4 Å². The van der Waals surface area contributed by atoms with Crippen LogP contribution in [0.15, 0.2) is 36.4 Å². The standard InChI is InChI=1S/C17H20N2O/c1-12-7-15-5-3-4-6-16(15)19(10-12)17-9-14(11-20)8-13(2)18-17/h3-6,8-9,12,20H,7,10-11H2,1-2H3. The van der Waals surface area contributed by atoms with Crippen LogP contribution in [-0.4, -0.2) is 16.6 Å². The molecule has 1 unspecified atom stereocenters. The second-order valence-corrected chi connectivity index (χ2v) is 5.68. The Labute approximate surface area is 119 Å². The molecule has 2 heterocycles. The van der Waals surface area contributed by atoms with Gasteiger partial charge in [-0.1, -0.05) is 25.1 Å². The monoisotopic (exact) mass is 268 g/mol. The van der Waals surface area contributed by atoms with Crippen molar-refractivity contribution in [3.63, 3.8) is 0 Å². The van der Waals surface area contributed by atoms with Crippen molar-refractivity contribution in [2.75, 3.05) is 11.4 Å². The van der Waals surface area contributed by atoms with E-state index in [-0.39, 0.29) is 6.61 Å². The van der Waals surface area contributed by atoms with Gasteiger partial charge in [-0.05, 0) is 48.6 Å². The average molecular weight is 268 g/mol. The Morgan fingerprint density at radius 1 is 1.30 bits per heavy atom. The Kier molecular flexibility index (Phi) is 3.45. The SMILES string of the molecule is Cc1cc(CO)cc(N2CC(C)Cc3ccccc32)n1. The summed E-state index contributed by atoms with van der Waals surface area (Å²) >= 11 is 0. The average Bonchev–Trinajstić information content (AvgIpc) is 2.45. The van der Waals surface area contributed by atoms with E-state index < -0.39 is 0 Å². The highest BCUT2D eigenvalue weighted by Crippen LogP contribution is 2.34. The normalized spacial score (nSPS) is 17.9. The molecule has 0 spiro atoms. The molecule has 2 aromatic rings. The summed E-state index contributed by atoms with van der Waals surface area (Å²) < 4.78 is 0. The summed E-state index contributed by atoms with van der Waals surface area (Å²) in [5.41, 5.74) is 4.48. The van der Waals surface area contributed by atoms with Gasteiger partial charge in [0.05, 0.1) is 6.61 Å². The Bertz CT molecular complexity index is 624. The highest BCUT2D eigenvalue weighted by molar-refractivity contribution is 5.66. The third-order valence-corrected chi connectivity index (χ3v) is 3.80. The van der Waals surface area contributed by atoms with E-state index in [1.54, 1.807) is 0 Å². The quantitative estimate of drug-likeness (QED) is 0.908. The summed E-state index contributed by atoms with van der Waals surface area (Å²) in [6.07, 6.45) is 1.12. The molecule has 0 amide bonds. The van der Waals surface area contributed by atoms with Crippen LogP contribution in [0.4, 0.5) is 11.5 Å². The van der Waals surface area contributed by atoms with Crippen LogP contribution in [0.2, 0.25) is 0 Å². The van der Waals surface area contributed by atoms with E-state index in [9.17, 15) is 5.11 Å². The van der Waals surface area contributed by atoms with Gasteiger partial charge in [-0.2, -0.15) is 0 Å². The summed E-state index contributed by atoms with van der Waals surface area (Å²) in [6, 6.07) is 12.4. The van der Waals surface area contributed by atoms with Gasteiger partial charge >= 0.3 is 0 Å². The van der Waals surface area contributed by atoms with Gasteiger partial charge in [0.2, 0.25) is 0 Å². The van der Waals surface area contributed by atoms with Crippen LogP contribution in [0, 0.1) is 12.8 Å². The molecule has 0 aliphatic carbocycles. The fourth-order valence-corrected chi connectivity index (χ4v) is 2.96. The van der Waals surface area contributed by atoms with E-state index in [0.717, 1.165) is 30.0 Å². The third-order valence-electron chi connectivity index (χ3n) is 3.80. The van der Waals surface area contributed by atoms with Crippen LogP contribution < -0.4 is 4.90 Å².